The lowest BCUT2D eigenvalue weighted by atomic mass is 10.1. The van der Waals surface area contributed by atoms with Crippen LogP contribution in [0.3, 0.4) is 0 Å². The van der Waals surface area contributed by atoms with Crippen LogP contribution < -0.4 is 0 Å². The maximum atomic E-state index is 2.58. The van der Waals surface area contributed by atoms with Crippen molar-refractivity contribution in [1.29, 1.82) is 0 Å². The first-order valence-corrected chi connectivity index (χ1v) is 6.93. The van der Waals surface area contributed by atoms with E-state index in [9.17, 15) is 0 Å². The van der Waals surface area contributed by atoms with Crippen molar-refractivity contribution < 1.29 is 0 Å². The quantitative estimate of drug-likeness (QED) is 0.657. The summed E-state index contributed by atoms with van der Waals surface area (Å²) in [4.78, 5) is 2.58. The maximum Gasteiger partial charge on any atom is 0.00900 e. The van der Waals surface area contributed by atoms with E-state index in [1.807, 2.05) is 0 Å². The molecule has 0 atom stereocenters. The van der Waals surface area contributed by atoms with Crippen molar-refractivity contribution >= 4 is 0 Å². The molecule has 1 rings (SSSR count). The molecule has 0 amide bonds. The van der Waals surface area contributed by atoms with Crippen molar-refractivity contribution in [3.8, 4) is 0 Å². The van der Waals surface area contributed by atoms with Gasteiger partial charge in [-0.25, -0.2) is 0 Å². The van der Waals surface area contributed by atoms with Gasteiger partial charge in [0.1, 0.15) is 0 Å². The molecule has 0 unspecified atom stereocenters. The van der Waals surface area contributed by atoms with Crippen LogP contribution in [0.25, 0.3) is 0 Å². The van der Waals surface area contributed by atoms with Gasteiger partial charge in [-0.2, -0.15) is 0 Å². The molecule has 0 spiro atoms. The molecule has 0 bridgehead atoms. The Hall–Kier alpha value is -0.0400. The van der Waals surface area contributed by atoms with Crippen molar-refractivity contribution in [3.63, 3.8) is 0 Å². The fourth-order valence-corrected chi connectivity index (χ4v) is 1.80. The monoisotopic (exact) mass is 213 g/mol. The molecule has 0 N–H and O–H groups in total. The summed E-state index contributed by atoms with van der Waals surface area (Å²) in [5, 5.41) is 0. The summed E-state index contributed by atoms with van der Waals surface area (Å²) in [7, 11) is 0. The Bertz CT molecular complexity index is 121. The SMILES string of the molecule is CCC(C)CC.CCC(CC)N1CCC1. The van der Waals surface area contributed by atoms with E-state index in [4.69, 9.17) is 0 Å². The van der Waals surface area contributed by atoms with Crippen LogP contribution in [-0.4, -0.2) is 24.0 Å². The molecule has 1 aliphatic heterocycles. The van der Waals surface area contributed by atoms with Crippen LogP contribution in [0.2, 0.25) is 0 Å². The van der Waals surface area contributed by atoms with Crippen LogP contribution in [0.15, 0.2) is 0 Å². The zero-order chi connectivity index (χ0) is 11.7. The topological polar surface area (TPSA) is 3.24 Å². The second kappa shape index (κ2) is 9.21. The van der Waals surface area contributed by atoms with E-state index in [2.05, 4.69) is 39.5 Å². The van der Waals surface area contributed by atoms with Gasteiger partial charge < -0.3 is 4.90 Å². The summed E-state index contributed by atoms with van der Waals surface area (Å²) < 4.78 is 0. The zero-order valence-corrected chi connectivity index (χ0v) is 11.6. The highest BCUT2D eigenvalue weighted by Crippen LogP contribution is 2.15. The highest BCUT2D eigenvalue weighted by atomic mass is 15.2. The summed E-state index contributed by atoms with van der Waals surface area (Å²) in [5.74, 6) is 0.935. The fourth-order valence-electron chi connectivity index (χ4n) is 1.80. The van der Waals surface area contributed by atoms with E-state index < -0.39 is 0 Å². The molecule has 0 aromatic heterocycles. The highest BCUT2D eigenvalue weighted by Gasteiger charge is 2.20. The van der Waals surface area contributed by atoms with Crippen LogP contribution in [-0.2, 0) is 0 Å². The predicted molar refractivity (Wildman–Crippen MR) is 70.3 cm³/mol. The van der Waals surface area contributed by atoms with E-state index in [0.717, 1.165) is 12.0 Å². The van der Waals surface area contributed by atoms with Gasteiger partial charge in [0, 0.05) is 6.04 Å². The van der Waals surface area contributed by atoms with Crippen LogP contribution in [0.1, 0.15) is 66.7 Å². The first-order valence-electron chi connectivity index (χ1n) is 6.93. The van der Waals surface area contributed by atoms with Crippen LogP contribution >= 0.6 is 0 Å². The third-order valence-corrected chi connectivity index (χ3v) is 3.74. The lowest BCUT2D eigenvalue weighted by molar-refractivity contribution is 0.111. The van der Waals surface area contributed by atoms with E-state index in [1.165, 1.54) is 45.2 Å². The number of hydrogen-bond donors (Lipinski definition) is 0. The first kappa shape index (κ1) is 15.0. The predicted octanol–water partition coefficient (Wildman–Crippen LogP) is 4.32. The molecule has 0 aromatic carbocycles. The summed E-state index contributed by atoms with van der Waals surface area (Å²) in [6.45, 7) is 14.0. The Balaban J connectivity index is 0.000000288. The van der Waals surface area contributed by atoms with Gasteiger partial charge in [0.25, 0.3) is 0 Å². The van der Waals surface area contributed by atoms with Gasteiger partial charge in [-0.1, -0.05) is 47.5 Å². The lowest BCUT2D eigenvalue weighted by Crippen LogP contribution is -2.44. The highest BCUT2D eigenvalue weighted by molar-refractivity contribution is 4.75. The average Bonchev–Trinajstić information content (AvgIpc) is 2.22. The summed E-state index contributed by atoms with van der Waals surface area (Å²) >= 11 is 0. The third kappa shape index (κ3) is 6.19. The van der Waals surface area contributed by atoms with Gasteiger partial charge in [-0.05, 0) is 38.3 Å². The third-order valence-electron chi connectivity index (χ3n) is 3.74. The van der Waals surface area contributed by atoms with Gasteiger partial charge in [-0.3, -0.25) is 0 Å². The number of likely N-dealkylation sites (tertiary alicyclic amines) is 1. The summed E-state index contributed by atoms with van der Waals surface area (Å²) in [6.07, 6.45) is 6.75. The molecular formula is C14H31N. The Morgan fingerprint density at radius 3 is 1.40 bits per heavy atom. The molecule has 1 aliphatic rings. The van der Waals surface area contributed by atoms with E-state index in [-0.39, 0.29) is 0 Å². The standard InChI is InChI=1S/C8H17N.C6H14/c1-3-8(4-2)9-6-5-7-9;1-4-6(3)5-2/h8H,3-7H2,1-2H3;6H,4-5H2,1-3H3. The lowest BCUT2D eigenvalue weighted by Gasteiger charge is -2.37. The van der Waals surface area contributed by atoms with Crippen LogP contribution in [0.5, 0.6) is 0 Å². The maximum absolute atomic E-state index is 2.58. The minimum atomic E-state index is 0.888. The fraction of sp³-hybridized carbons (Fsp3) is 1.00. The summed E-state index contributed by atoms with van der Waals surface area (Å²) in [5.41, 5.74) is 0. The molecule has 0 aromatic rings. The van der Waals surface area contributed by atoms with Crippen LogP contribution in [0, 0.1) is 5.92 Å². The average molecular weight is 213 g/mol. The minimum absolute atomic E-state index is 0.888. The Morgan fingerprint density at radius 1 is 0.867 bits per heavy atom. The molecule has 92 valence electrons. The smallest absolute Gasteiger partial charge is 0.00900 e. The molecule has 1 nitrogen and oxygen atoms in total. The number of hydrogen-bond acceptors (Lipinski definition) is 1. The Morgan fingerprint density at radius 2 is 1.33 bits per heavy atom. The second-order valence-electron chi connectivity index (χ2n) is 4.78. The molecule has 1 heteroatoms. The molecule has 0 radical (unpaired) electrons. The summed E-state index contributed by atoms with van der Waals surface area (Å²) in [6, 6.07) is 0.888. The largest absolute Gasteiger partial charge is 0.300 e. The molecule has 0 saturated carbocycles. The molecular weight excluding hydrogens is 182 g/mol. The molecule has 1 heterocycles. The van der Waals surface area contributed by atoms with Gasteiger partial charge in [-0.15, -0.1) is 0 Å². The Labute approximate surface area is 97.2 Å². The van der Waals surface area contributed by atoms with Gasteiger partial charge in [0.2, 0.25) is 0 Å². The minimum Gasteiger partial charge on any atom is -0.300 e. The van der Waals surface area contributed by atoms with Crippen molar-refractivity contribution in [1.82, 2.24) is 4.90 Å². The first-order chi connectivity index (χ1) is 7.19. The van der Waals surface area contributed by atoms with Crippen molar-refractivity contribution in [2.24, 2.45) is 5.92 Å². The van der Waals surface area contributed by atoms with E-state index in [0.29, 0.717) is 0 Å². The molecule has 15 heavy (non-hydrogen) atoms. The molecule has 1 saturated heterocycles. The number of rotatable bonds is 5. The van der Waals surface area contributed by atoms with Crippen LogP contribution in [0.4, 0.5) is 0 Å². The van der Waals surface area contributed by atoms with E-state index >= 15 is 0 Å². The molecule has 1 fully saturated rings. The van der Waals surface area contributed by atoms with E-state index in [1.54, 1.807) is 0 Å². The normalized spacial score (nSPS) is 16.2. The van der Waals surface area contributed by atoms with Crippen molar-refractivity contribution in [2.75, 3.05) is 13.1 Å². The van der Waals surface area contributed by atoms with Crippen molar-refractivity contribution in [3.05, 3.63) is 0 Å². The zero-order valence-electron chi connectivity index (χ0n) is 11.6. The molecule has 0 aliphatic carbocycles. The van der Waals surface area contributed by atoms with Gasteiger partial charge in [0.15, 0.2) is 0 Å². The van der Waals surface area contributed by atoms with Gasteiger partial charge >= 0.3 is 0 Å². The van der Waals surface area contributed by atoms with Crippen molar-refractivity contribution in [2.45, 2.75) is 72.8 Å². The number of nitrogens with zero attached hydrogens (tertiary/aromatic N) is 1. The van der Waals surface area contributed by atoms with Gasteiger partial charge in [0.05, 0.1) is 0 Å². The second-order valence-corrected chi connectivity index (χ2v) is 4.78. The Kier molecular flexibility index (Phi) is 9.18.